The number of aliphatic hydroxyl groups excluding tert-OH is 1. The maximum Gasteiger partial charge on any atom is 0.337 e. The van der Waals surface area contributed by atoms with Gasteiger partial charge in [0.1, 0.15) is 11.5 Å². The van der Waals surface area contributed by atoms with Crippen molar-refractivity contribution in [2.24, 2.45) is 5.92 Å². The van der Waals surface area contributed by atoms with Crippen LogP contribution in [0.2, 0.25) is 0 Å². The molecule has 0 radical (unpaired) electrons. The Hall–Kier alpha value is -4.78. The van der Waals surface area contributed by atoms with Gasteiger partial charge >= 0.3 is 11.9 Å². The van der Waals surface area contributed by atoms with Crippen LogP contribution in [-0.2, 0) is 26.3 Å². The van der Waals surface area contributed by atoms with Crippen molar-refractivity contribution < 1.29 is 29.3 Å². The third kappa shape index (κ3) is 6.36. The van der Waals surface area contributed by atoms with Crippen LogP contribution in [0.1, 0.15) is 39.0 Å². The molecule has 0 saturated carbocycles. The Balaban J connectivity index is 1.44. The molecule has 0 bridgehead atoms. The zero-order chi connectivity index (χ0) is 30.2. The SMILES string of the molecule is COC(=O)c1ccc2cccc(CC[C@@H](O)[C@@H](COC(c3ccccc3)(c3ccccc3)c3ccccc3)C(=O)O)c2c1. The number of carboxylic acids is 1. The van der Waals surface area contributed by atoms with E-state index in [1.165, 1.54) is 7.11 Å². The van der Waals surface area contributed by atoms with Gasteiger partial charge in [-0.25, -0.2) is 4.79 Å². The van der Waals surface area contributed by atoms with E-state index in [9.17, 15) is 19.8 Å². The first-order valence-electron chi connectivity index (χ1n) is 14.3. The molecular formula is C37H34O6. The third-order valence-corrected chi connectivity index (χ3v) is 7.90. The fourth-order valence-electron chi connectivity index (χ4n) is 5.64. The molecule has 6 nitrogen and oxygen atoms in total. The maximum atomic E-state index is 12.6. The number of aliphatic carboxylic acids is 1. The van der Waals surface area contributed by atoms with Gasteiger partial charge in [-0.1, -0.05) is 115 Å². The Morgan fingerprint density at radius 2 is 1.30 bits per heavy atom. The Bertz CT molecular complexity index is 1570. The van der Waals surface area contributed by atoms with Crippen LogP contribution in [0, 0.1) is 5.92 Å². The van der Waals surface area contributed by atoms with Crippen LogP contribution in [0.5, 0.6) is 0 Å². The van der Waals surface area contributed by atoms with Gasteiger partial charge in [0.2, 0.25) is 0 Å². The summed E-state index contributed by atoms with van der Waals surface area (Å²) in [6.07, 6.45) is -0.582. The largest absolute Gasteiger partial charge is 0.481 e. The first kappa shape index (κ1) is 29.7. The summed E-state index contributed by atoms with van der Waals surface area (Å²) in [6.45, 7) is -0.225. The Morgan fingerprint density at radius 1 is 0.744 bits per heavy atom. The number of carboxylic acid groups (broad SMARTS) is 1. The monoisotopic (exact) mass is 574 g/mol. The van der Waals surface area contributed by atoms with E-state index >= 15 is 0 Å². The highest BCUT2D eigenvalue weighted by Crippen LogP contribution is 2.41. The highest BCUT2D eigenvalue weighted by molar-refractivity contribution is 5.96. The number of rotatable bonds is 12. The predicted molar refractivity (Wildman–Crippen MR) is 166 cm³/mol. The quantitative estimate of drug-likeness (QED) is 0.128. The van der Waals surface area contributed by atoms with Crippen molar-refractivity contribution in [2.45, 2.75) is 24.5 Å². The van der Waals surface area contributed by atoms with Crippen LogP contribution in [0.15, 0.2) is 127 Å². The highest BCUT2D eigenvalue weighted by atomic mass is 16.5. The first-order valence-corrected chi connectivity index (χ1v) is 14.3. The molecular weight excluding hydrogens is 540 g/mol. The molecule has 0 aliphatic rings. The second-order valence-corrected chi connectivity index (χ2v) is 10.5. The van der Waals surface area contributed by atoms with Crippen molar-refractivity contribution in [3.8, 4) is 0 Å². The first-order chi connectivity index (χ1) is 20.9. The van der Waals surface area contributed by atoms with Gasteiger partial charge in [0.15, 0.2) is 0 Å². The lowest BCUT2D eigenvalue weighted by atomic mass is 9.80. The maximum absolute atomic E-state index is 12.6. The molecule has 2 atom stereocenters. The normalized spacial score (nSPS) is 12.9. The van der Waals surface area contributed by atoms with Crippen LogP contribution < -0.4 is 0 Å². The number of hydrogen-bond acceptors (Lipinski definition) is 5. The zero-order valence-corrected chi connectivity index (χ0v) is 23.9. The number of ether oxygens (including phenoxy) is 2. The standard InChI is InChI=1S/C37H34O6/c1-42-36(41)28-21-20-26-12-11-13-27(32(26)24-28)22-23-34(38)33(35(39)40)25-43-37(29-14-5-2-6-15-29,30-16-7-3-8-17-30)31-18-9-4-10-19-31/h2-21,24,33-34,38H,22-23,25H2,1H3,(H,39,40)/t33-,34-/m1/s1. The number of fused-ring (bicyclic) bond motifs is 1. The number of aliphatic hydroxyl groups is 1. The smallest absolute Gasteiger partial charge is 0.337 e. The fraction of sp³-hybridized carbons (Fsp3) is 0.189. The second-order valence-electron chi connectivity index (χ2n) is 10.5. The number of hydrogen-bond donors (Lipinski definition) is 2. The van der Waals surface area contributed by atoms with Gasteiger partial charge in [0, 0.05) is 0 Å². The number of aryl methyl sites for hydroxylation is 1. The van der Waals surface area contributed by atoms with Gasteiger partial charge in [-0.2, -0.15) is 0 Å². The molecule has 0 amide bonds. The van der Waals surface area contributed by atoms with Crippen molar-refractivity contribution in [1.82, 2.24) is 0 Å². The molecule has 5 aromatic carbocycles. The zero-order valence-electron chi connectivity index (χ0n) is 23.9. The Kier molecular flexibility index (Phi) is 9.30. The van der Waals surface area contributed by atoms with Crippen LogP contribution in [0.25, 0.3) is 10.8 Å². The Morgan fingerprint density at radius 3 is 1.81 bits per heavy atom. The summed E-state index contributed by atoms with van der Waals surface area (Å²) < 4.78 is 11.6. The molecule has 43 heavy (non-hydrogen) atoms. The van der Waals surface area contributed by atoms with Gasteiger partial charge in [-0.3, -0.25) is 4.79 Å². The molecule has 0 aliphatic carbocycles. The minimum absolute atomic E-state index is 0.191. The van der Waals surface area contributed by atoms with E-state index in [0.29, 0.717) is 12.0 Å². The molecule has 0 saturated heterocycles. The molecule has 6 heteroatoms. The minimum Gasteiger partial charge on any atom is -0.481 e. The van der Waals surface area contributed by atoms with E-state index in [1.807, 2.05) is 115 Å². The fourth-order valence-corrected chi connectivity index (χ4v) is 5.64. The molecule has 0 spiro atoms. The lowest BCUT2D eigenvalue weighted by Gasteiger charge is -2.37. The average Bonchev–Trinajstić information content (AvgIpc) is 3.06. The summed E-state index contributed by atoms with van der Waals surface area (Å²) >= 11 is 0. The van der Waals surface area contributed by atoms with Crippen LogP contribution in [0.3, 0.4) is 0 Å². The average molecular weight is 575 g/mol. The predicted octanol–water partition coefficient (Wildman–Crippen LogP) is 6.63. The van der Waals surface area contributed by atoms with Gasteiger partial charge in [0.25, 0.3) is 0 Å². The molecule has 0 unspecified atom stereocenters. The van der Waals surface area contributed by atoms with Crippen LogP contribution in [-0.4, -0.2) is 42.0 Å². The van der Waals surface area contributed by atoms with Gasteiger partial charge in [-0.05, 0) is 58.0 Å². The highest BCUT2D eigenvalue weighted by Gasteiger charge is 2.40. The molecule has 0 aliphatic heterocycles. The van der Waals surface area contributed by atoms with Crippen molar-refractivity contribution in [3.05, 3.63) is 155 Å². The number of carbonyl (C=O) groups excluding carboxylic acids is 1. The summed E-state index contributed by atoms with van der Waals surface area (Å²) in [7, 11) is 1.34. The molecule has 0 aromatic heterocycles. The van der Waals surface area contributed by atoms with Crippen molar-refractivity contribution in [2.75, 3.05) is 13.7 Å². The van der Waals surface area contributed by atoms with Crippen LogP contribution in [0.4, 0.5) is 0 Å². The summed E-state index contributed by atoms with van der Waals surface area (Å²) in [5.74, 6) is -2.75. The lowest BCUT2D eigenvalue weighted by molar-refractivity contribution is -0.151. The van der Waals surface area contributed by atoms with Gasteiger partial charge in [0.05, 0.1) is 25.4 Å². The van der Waals surface area contributed by atoms with Crippen LogP contribution >= 0.6 is 0 Å². The number of esters is 1. The molecule has 0 heterocycles. The van der Waals surface area contributed by atoms with E-state index in [0.717, 1.165) is 33.0 Å². The molecule has 5 aromatic rings. The van der Waals surface area contributed by atoms with E-state index in [1.54, 1.807) is 12.1 Å². The summed E-state index contributed by atoms with van der Waals surface area (Å²) in [5.41, 5.74) is 2.78. The topological polar surface area (TPSA) is 93.1 Å². The molecule has 5 rings (SSSR count). The third-order valence-electron chi connectivity index (χ3n) is 7.90. The summed E-state index contributed by atoms with van der Waals surface area (Å²) in [5, 5.41) is 23.3. The van der Waals surface area contributed by atoms with Crippen molar-refractivity contribution >= 4 is 22.7 Å². The number of benzene rings is 5. The van der Waals surface area contributed by atoms with E-state index in [-0.39, 0.29) is 13.0 Å². The van der Waals surface area contributed by atoms with E-state index in [4.69, 9.17) is 9.47 Å². The van der Waals surface area contributed by atoms with Crippen molar-refractivity contribution in [1.29, 1.82) is 0 Å². The summed E-state index contributed by atoms with van der Waals surface area (Å²) in [6, 6.07) is 40.3. The van der Waals surface area contributed by atoms with E-state index < -0.39 is 29.6 Å². The van der Waals surface area contributed by atoms with Gasteiger partial charge in [-0.15, -0.1) is 0 Å². The lowest BCUT2D eigenvalue weighted by Crippen LogP contribution is -2.39. The Labute approximate surface area is 251 Å². The number of methoxy groups -OCH3 is 1. The molecule has 0 fully saturated rings. The molecule has 218 valence electrons. The second kappa shape index (κ2) is 13.5. The summed E-state index contributed by atoms with van der Waals surface area (Å²) in [4.78, 5) is 24.7. The molecule has 2 N–H and O–H groups in total. The van der Waals surface area contributed by atoms with Crippen molar-refractivity contribution in [3.63, 3.8) is 0 Å². The number of carbonyl (C=O) groups is 2. The minimum atomic E-state index is -1.18. The van der Waals surface area contributed by atoms with Gasteiger partial charge < -0.3 is 19.7 Å². The van der Waals surface area contributed by atoms with E-state index in [2.05, 4.69) is 0 Å².